The monoisotopic (exact) mass is 194 g/mol. The molecule has 1 unspecified atom stereocenters. The quantitative estimate of drug-likeness (QED) is 0.411. The van der Waals surface area contributed by atoms with Gasteiger partial charge in [-0.3, -0.25) is 4.79 Å². The first-order valence-corrected chi connectivity index (χ1v) is 4.46. The number of rotatable bonds is 3. The second-order valence-electron chi connectivity index (χ2n) is 2.87. The highest BCUT2D eigenvalue weighted by Gasteiger charge is 2.12. The van der Waals surface area contributed by atoms with Gasteiger partial charge in [0.1, 0.15) is 5.38 Å². The molecule has 0 radical (unpaired) electrons. The van der Waals surface area contributed by atoms with E-state index in [2.05, 4.69) is 6.58 Å². The van der Waals surface area contributed by atoms with Crippen molar-refractivity contribution in [3.8, 4) is 0 Å². The summed E-state index contributed by atoms with van der Waals surface area (Å²) in [7, 11) is 0. The molecular formula is C11H11ClO. The van der Waals surface area contributed by atoms with Crippen molar-refractivity contribution in [2.75, 3.05) is 0 Å². The Morgan fingerprint density at radius 1 is 1.46 bits per heavy atom. The van der Waals surface area contributed by atoms with Crippen molar-refractivity contribution in [1.29, 1.82) is 0 Å². The molecule has 2 heteroatoms. The first kappa shape index (κ1) is 10.0. The fraction of sp³-hybridized carbons (Fsp3) is 0.182. The highest BCUT2D eigenvalue weighted by molar-refractivity contribution is 6.35. The molecule has 0 aliphatic heterocycles. The summed E-state index contributed by atoms with van der Waals surface area (Å²) in [5.74, 6) is -0.100. The number of hydrogen-bond acceptors (Lipinski definition) is 1. The van der Waals surface area contributed by atoms with Crippen LogP contribution < -0.4 is 0 Å². The van der Waals surface area contributed by atoms with Crippen LogP contribution in [-0.4, -0.2) is 11.2 Å². The molecule has 0 spiro atoms. The van der Waals surface area contributed by atoms with Crippen LogP contribution in [0.4, 0.5) is 0 Å². The summed E-state index contributed by atoms with van der Waals surface area (Å²) in [6.07, 6.45) is 1.43. The van der Waals surface area contributed by atoms with E-state index in [0.29, 0.717) is 5.56 Å². The first-order chi connectivity index (χ1) is 6.15. The van der Waals surface area contributed by atoms with E-state index in [1.807, 2.05) is 19.1 Å². The molecule has 0 aliphatic rings. The standard InChI is InChI=1S/C11H11ClO/c1-3-10(12)11(13)9-6-4-8(2)5-7-9/h3-7,10H,1H2,2H3. The van der Waals surface area contributed by atoms with Crippen LogP contribution in [0.3, 0.4) is 0 Å². The lowest BCUT2D eigenvalue weighted by Crippen LogP contribution is -2.11. The number of halogens is 1. The third-order valence-electron chi connectivity index (χ3n) is 1.79. The van der Waals surface area contributed by atoms with E-state index >= 15 is 0 Å². The number of carbonyl (C=O) groups is 1. The molecule has 0 N–H and O–H groups in total. The molecule has 1 nitrogen and oxygen atoms in total. The summed E-state index contributed by atoms with van der Waals surface area (Å²) < 4.78 is 0. The third kappa shape index (κ3) is 2.43. The fourth-order valence-corrected chi connectivity index (χ4v) is 1.11. The van der Waals surface area contributed by atoms with E-state index < -0.39 is 5.38 Å². The van der Waals surface area contributed by atoms with Crippen LogP contribution in [0, 0.1) is 6.92 Å². The summed E-state index contributed by atoms with van der Waals surface area (Å²) in [4.78, 5) is 11.5. The van der Waals surface area contributed by atoms with E-state index in [4.69, 9.17) is 11.6 Å². The number of hydrogen-bond donors (Lipinski definition) is 0. The highest BCUT2D eigenvalue weighted by Crippen LogP contribution is 2.10. The molecule has 0 amide bonds. The maximum absolute atomic E-state index is 11.5. The second kappa shape index (κ2) is 4.24. The van der Waals surface area contributed by atoms with Crippen molar-refractivity contribution in [2.24, 2.45) is 0 Å². The van der Waals surface area contributed by atoms with E-state index in [-0.39, 0.29) is 5.78 Å². The third-order valence-corrected chi connectivity index (χ3v) is 2.17. The van der Waals surface area contributed by atoms with Crippen molar-refractivity contribution in [3.05, 3.63) is 48.0 Å². The maximum Gasteiger partial charge on any atom is 0.184 e. The van der Waals surface area contributed by atoms with Crippen LogP contribution in [0.2, 0.25) is 0 Å². The van der Waals surface area contributed by atoms with Gasteiger partial charge in [-0.15, -0.1) is 18.2 Å². The molecule has 1 rings (SSSR count). The predicted octanol–water partition coefficient (Wildman–Crippen LogP) is 2.97. The average Bonchev–Trinajstić information content (AvgIpc) is 2.17. The van der Waals surface area contributed by atoms with Gasteiger partial charge in [0.15, 0.2) is 5.78 Å². The zero-order valence-electron chi connectivity index (χ0n) is 7.46. The van der Waals surface area contributed by atoms with Crippen molar-refractivity contribution in [3.63, 3.8) is 0 Å². The van der Waals surface area contributed by atoms with Gasteiger partial charge in [0.2, 0.25) is 0 Å². The van der Waals surface area contributed by atoms with Crippen LogP contribution in [0.1, 0.15) is 15.9 Å². The highest BCUT2D eigenvalue weighted by atomic mass is 35.5. The molecule has 68 valence electrons. The Hall–Kier alpha value is -1.08. The zero-order chi connectivity index (χ0) is 9.84. The number of aryl methyl sites for hydroxylation is 1. The number of Topliss-reactive ketones (excluding diaryl/α,β-unsaturated/α-hetero) is 1. The van der Waals surface area contributed by atoms with Crippen molar-refractivity contribution < 1.29 is 4.79 Å². The number of carbonyl (C=O) groups excluding carboxylic acids is 1. The number of benzene rings is 1. The molecule has 0 aliphatic carbocycles. The molecule has 0 saturated carbocycles. The van der Waals surface area contributed by atoms with Crippen molar-refractivity contribution >= 4 is 17.4 Å². The number of alkyl halides is 1. The summed E-state index contributed by atoms with van der Waals surface area (Å²) >= 11 is 5.72. The van der Waals surface area contributed by atoms with Gasteiger partial charge >= 0.3 is 0 Å². The van der Waals surface area contributed by atoms with E-state index in [1.165, 1.54) is 6.08 Å². The van der Waals surface area contributed by atoms with Crippen LogP contribution in [0.25, 0.3) is 0 Å². The van der Waals surface area contributed by atoms with Gasteiger partial charge in [-0.05, 0) is 6.92 Å². The van der Waals surface area contributed by atoms with Gasteiger partial charge in [0, 0.05) is 5.56 Å². The molecule has 13 heavy (non-hydrogen) atoms. The van der Waals surface area contributed by atoms with Gasteiger partial charge < -0.3 is 0 Å². The van der Waals surface area contributed by atoms with Crippen molar-refractivity contribution in [1.82, 2.24) is 0 Å². The van der Waals surface area contributed by atoms with Crippen LogP contribution in [-0.2, 0) is 0 Å². The molecule has 0 heterocycles. The molecule has 0 aromatic heterocycles. The SMILES string of the molecule is C=CC(Cl)C(=O)c1ccc(C)cc1. The molecule has 1 atom stereocenters. The zero-order valence-corrected chi connectivity index (χ0v) is 8.21. The summed E-state index contributed by atoms with van der Waals surface area (Å²) in [5.41, 5.74) is 1.76. The smallest absolute Gasteiger partial charge is 0.184 e. The van der Waals surface area contributed by atoms with E-state index in [1.54, 1.807) is 12.1 Å². The number of ketones is 1. The first-order valence-electron chi connectivity index (χ1n) is 4.02. The minimum atomic E-state index is -0.622. The lowest BCUT2D eigenvalue weighted by atomic mass is 10.1. The molecular weight excluding hydrogens is 184 g/mol. The predicted molar refractivity (Wildman–Crippen MR) is 55.3 cm³/mol. The van der Waals surface area contributed by atoms with Crippen LogP contribution >= 0.6 is 11.6 Å². The molecule has 0 saturated heterocycles. The van der Waals surface area contributed by atoms with Crippen LogP contribution in [0.5, 0.6) is 0 Å². The van der Waals surface area contributed by atoms with Gasteiger partial charge in [-0.1, -0.05) is 35.9 Å². The van der Waals surface area contributed by atoms with Gasteiger partial charge in [-0.25, -0.2) is 0 Å². The summed E-state index contributed by atoms with van der Waals surface area (Å²) in [6.45, 7) is 5.44. The minimum absolute atomic E-state index is 0.100. The molecule has 0 bridgehead atoms. The average molecular weight is 195 g/mol. The lowest BCUT2D eigenvalue weighted by Gasteiger charge is -2.02. The van der Waals surface area contributed by atoms with Gasteiger partial charge in [0.25, 0.3) is 0 Å². The summed E-state index contributed by atoms with van der Waals surface area (Å²) in [6, 6.07) is 7.33. The van der Waals surface area contributed by atoms with Gasteiger partial charge in [-0.2, -0.15) is 0 Å². The van der Waals surface area contributed by atoms with Crippen LogP contribution in [0.15, 0.2) is 36.9 Å². The lowest BCUT2D eigenvalue weighted by molar-refractivity contribution is 0.0999. The Labute approximate surface area is 83.0 Å². The maximum atomic E-state index is 11.5. The Morgan fingerprint density at radius 3 is 2.46 bits per heavy atom. The Balaban J connectivity index is 2.89. The molecule has 0 fully saturated rings. The Kier molecular flexibility index (Phi) is 3.26. The van der Waals surface area contributed by atoms with E-state index in [9.17, 15) is 4.79 Å². The Morgan fingerprint density at radius 2 is 2.00 bits per heavy atom. The molecule has 1 aromatic rings. The van der Waals surface area contributed by atoms with E-state index in [0.717, 1.165) is 5.56 Å². The number of allylic oxidation sites excluding steroid dienone is 1. The van der Waals surface area contributed by atoms with Crippen molar-refractivity contribution in [2.45, 2.75) is 12.3 Å². The largest absolute Gasteiger partial charge is 0.292 e. The fourth-order valence-electron chi connectivity index (χ4n) is 0.984. The molecule has 1 aromatic carbocycles. The Bertz CT molecular complexity index is 313. The summed E-state index contributed by atoms with van der Waals surface area (Å²) in [5, 5.41) is -0.622. The minimum Gasteiger partial charge on any atom is -0.292 e. The topological polar surface area (TPSA) is 17.1 Å². The normalized spacial score (nSPS) is 12.2. The second-order valence-corrected chi connectivity index (χ2v) is 3.34. The van der Waals surface area contributed by atoms with Gasteiger partial charge in [0.05, 0.1) is 0 Å².